The molecule has 0 saturated carbocycles. The summed E-state index contributed by atoms with van der Waals surface area (Å²) in [6, 6.07) is 23.4. The molecule has 0 radical (unpaired) electrons. The van der Waals surface area contributed by atoms with Crippen LogP contribution in [0.15, 0.2) is 83.3 Å². The molecule has 0 aliphatic carbocycles. The molecule has 3 aromatic carbocycles. The molecule has 0 aliphatic rings. The molecule has 0 bridgehead atoms. The number of carbonyl (C=O) groups excluding carboxylic acids is 1. The van der Waals surface area contributed by atoms with Crippen molar-refractivity contribution in [3.05, 3.63) is 90.0 Å². The van der Waals surface area contributed by atoms with Gasteiger partial charge in [-0.05, 0) is 53.5 Å². The Labute approximate surface area is 169 Å². The first kappa shape index (κ1) is 18.7. The van der Waals surface area contributed by atoms with Gasteiger partial charge in [-0.15, -0.1) is 0 Å². The van der Waals surface area contributed by atoms with Crippen molar-refractivity contribution in [3.63, 3.8) is 0 Å². The third kappa shape index (κ3) is 4.43. The molecule has 4 rings (SSSR count). The van der Waals surface area contributed by atoms with Gasteiger partial charge in [-0.25, -0.2) is 4.98 Å². The van der Waals surface area contributed by atoms with Gasteiger partial charge in [-0.2, -0.15) is 0 Å². The van der Waals surface area contributed by atoms with E-state index in [1.54, 1.807) is 6.08 Å². The normalized spacial score (nSPS) is 11.4. The number of fused-ring (bicyclic) bond motifs is 1. The molecule has 0 saturated heterocycles. The van der Waals surface area contributed by atoms with Crippen LogP contribution in [0.5, 0.6) is 0 Å². The molecule has 0 atom stereocenters. The van der Waals surface area contributed by atoms with Crippen molar-refractivity contribution in [3.8, 4) is 11.5 Å². The summed E-state index contributed by atoms with van der Waals surface area (Å²) in [5.74, 6) is 0.860. The number of nitrogens with zero attached hydrogens (tertiary/aromatic N) is 1. The average Bonchev–Trinajstić information content (AvgIpc) is 3.16. The molecular formula is C25H22N2O2. The standard InChI is InChI=1S/C25H22N2O2/c1-17(2)19-9-11-20(12-10-19)25-27-22-16-21(13-14-23(22)29-25)26-24(28)15-8-18-6-4-3-5-7-18/h3-17H,1-2H3,(H,26,28)/b15-8+. The SMILES string of the molecule is CC(C)c1ccc(-c2nc3cc(NC(=O)/C=C/c4ccccc4)ccc3o2)cc1. The van der Waals surface area contributed by atoms with Gasteiger partial charge in [0, 0.05) is 17.3 Å². The minimum atomic E-state index is -0.193. The molecule has 4 aromatic rings. The molecule has 0 spiro atoms. The first-order valence-electron chi connectivity index (χ1n) is 9.63. The number of hydrogen-bond acceptors (Lipinski definition) is 3. The molecule has 29 heavy (non-hydrogen) atoms. The number of aromatic nitrogens is 1. The van der Waals surface area contributed by atoms with E-state index in [-0.39, 0.29) is 5.91 Å². The summed E-state index contributed by atoms with van der Waals surface area (Å²) in [4.78, 5) is 16.8. The van der Waals surface area contributed by atoms with E-state index in [1.807, 2.05) is 60.7 Å². The maximum absolute atomic E-state index is 12.2. The van der Waals surface area contributed by atoms with E-state index in [0.29, 0.717) is 28.6 Å². The van der Waals surface area contributed by atoms with Crippen LogP contribution in [-0.2, 0) is 4.79 Å². The lowest BCUT2D eigenvalue weighted by Crippen LogP contribution is -2.07. The van der Waals surface area contributed by atoms with E-state index in [1.165, 1.54) is 11.6 Å². The summed E-state index contributed by atoms with van der Waals surface area (Å²) < 4.78 is 5.88. The number of oxazole rings is 1. The molecular weight excluding hydrogens is 360 g/mol. The fraction of sp³-hybridized carbons (Fsp3) is 0.120. The van der Waals surface area contributed by atoms with Gasteiger partial charge in [-0.1, -0.05) is 56.3 Å². The number of amides is 1. The van der Waals surface area contributed by atoms with E-state index < -0.39 is 0 Å². The van der Waals surface area contributed by atoms with Crippen molar-refractivity contribution in [1.29, 1.82) is 0 Å². The summed E-state index contributed by atoms with van der Waals surface area (Å²) in [6.07, 6.45) is 3.30. The number of rotatable bonds is 5. The van der Waals surface area contributed by atoms with Crippen LogP contribution >= 0.6 is 0 Å². The summed E-state index contributed by atoms with van der Waals surface area (Å²) in [7, 11) is 0. The predicted molar refractivity (Wildman–Crippen MR) is 118 cm³/mol. The van der Waals surface area contributed by atoms with Crippen LogP contribution in [0.25, 0.3) is 28.6 Å². The van der Waals surface area contributed by atoms with Crippen LogP contribution in [0.1, 0.15) is 30.9 Å². The Bertz CT molecular complexity index is 1160. The second-order valence-electron chi connectivity index (χ2n) is 7.21. The van der Waals surface area contributed by atoms with Crippen molar-refractivity contribution in [2.45, 2.75) is 19.8 Å². The van der Waals surface area contributed by atoms with E-state index in [0.717, 1.165) is 11.1 Å². The Morgan fingerprint density at radius 1 is 1.00 bits per heavy atom. The Morgan fingerprint density at radius 3 is 2.48 bits per heavy atom. The maximum Gasteiger partial charge on any atom is 0.248 e. The van der Waals surface area contributed by atoms with Crippen LogP contribution in [0.2, 0.25) is 0 Å². The number of nitrogens with one attached hydrogen (secondary N) is 1. The van der Waals surface area contributed by atoms with Gasteiger partial charge in [0.15, 0.2) is 5.58 Å². The Balaban J connectivity index is 1.51. The third-order valence-corrected chi connectivity index (χ3v) is 4.71. The van der Waals surface area contributed by atoms with Crippen molar-refractivity contribution in [2.24, 2.45) is 0 Å². The molecule has 0 unspecified atom stereocenters. The second-order valence-corrected chi connectivity index (χ2v) is 7.21. The molecule has 1 heterocycles. The van der Waals surface area contributed by atoms with E-state index in [9.17, 15) is 4.79 Å². The van der Waals surface area contributed by atoms with Crippen LogP contribution in [0, 0.1) is 0 Å². The fourth-order valence-corrected chi connectivity index (χ4v) is 3.06. The third-order valence-electron chi connectivity index (χ3n) is 4.71. The molecule has 1 N–H and O–H groups in total. The zero-order chi connectivity index (χ0) is 20.2. The quantitative estimate of drug-likeness (QED) is 0.414. The maximum atomic E-state index is 12.2. The van der Waals surface area contributed by atoms with E-state index in [2.05, 4.69) is 36.3 Å². The summed E-state index contributed by atoms with van der Waals surface area (Å²) in [6.45, 7) is 4.33. The Hall–Kier alpha value is -3.66. The lowest BCUT2D eigenvalue weighted by atomic mass is 10.0. The monoisotopic (exact) mass is 382 g/mol. The number of benzene rings is 3. The van der Waals surface area contributed by atoms with Gasteiger partial charge in [0.05, 0.1) is 0 Å². The van der Waals surface area contributed by atoms with E-state index >= 15 is 0 Å². The molecule has 4 nitrogen and oxygen atoms in total. The van der Waals surface area contributed by atoms with E-state index in [4.69, 9.17) is 4.42 Å². The first-order chi connectivity index (χ1) is 14.1. The summed E-state index contributed by atoms with van der Waals surface area (Å²) in [5, 5.41) is 2.87. The van der Waals surface area contributed by atoms with Crippen molar-refractivity contribution < 1.29 is 9.21 Å². The van der Waals surface area contributed by atoms with Crippen molar-refractivity contribution in [2.75, 3.05) is 5.32 Å². The van der Waals surface area contributed by atoms with Crippen LogP contribution in [0.4, 0.5) is 5.69 Å². The molecule has 1 amide bonds. The van der Waals surface area contributed by atoms with Crippen LogP contribution < -0.4 is 5.32 Å². The summed E-state index contributed by atoms with van der Waals surface area (Å²) >= 11 is 0. The Morgan fingerprint density at radius 2 is 1.76 bits per heavy atom. The van der Waals surface area contributed by atoms with Gasteiger partial charge in [0.1, 0.15) is 5.52 Å². The second kappa shape index (κ2) is 8.15. The minimum absolute atomic E-state index is 0.193. The molecule has 4 heteroatoms. The number of carbonyl (C=O) groups is 1. The van der Waals surface area contributed by atoms with Crippen molar-refractivity contribution in [1.82, 2.24) is 4.98 Å². The zero-order valence-corrected chi connectivity index (χ0v) is 16.4. The highest BCUT2D eigenvalue weighted by Gasteiger charge is 2.10. The first-order valence-corrected chi connectivity index (χ1v) is 9.63. The van der Waals surface area contributed by atoms with Gasteiger partial charge in [0.2, 0.25) is 11.8 Å². The van der Waals surface area contributed by atoms with Gasteiger partial charge in [-0.3, -0.25) is 4.79 Å². The number of hydrogen-bond donors (Lipinski definition) is 1. The average molecular weight is 382 g/mol. The largest absolute Gasteiger partial charge is 0.436 e. The lowest BCUT2D eigenvalue weighted by Gasteiger charge is -2.04. The fourth-order valence-electron chi connectivity index (χ4n) is 3.06. The molecule has 0 aliphatic heterocycles. The van der Waals surface area contributed by atoms with Crippen LogP contribution in [-0.4, -0.2) is 10.9 Å². The molecule has 1 aromatic heterocycles. The number of anilines is 1. The highest BCUT2D eigenvalue weighted by molar-refractivity contribution is 6.02. The molecule has 0 fully saturated rings. The smallest absolute Gasteiger partial charge is 0.248 e. The van der Waals surface area contributed by atoms with Gasteiger partial charge in [0.25, 0.3) is 0 Å². The molecule has 144 valence electrons. The summed E-state index contributed by atoms with van der Waals surface area (Å²) in [5.41, 5.74) is 5.25. The highest BCUT2D eigenvalue weighted by atomic mass is 16.3. The lowest BCUT2D eigenvalue weighted by molar-refractivity contribution is -0.111. The van der Waals surface area contributed by atoms with Gasteiger partial charge < -0.3 is 9.73 Å². The Kier molecular flexibility index (Phi) is 5.25. The van der Waals surface area contributed by atoms with Crippen molar-refractivity contribution >= 4 is 28.8 Å². The predicted octanol–water partition coefficient (Wildman–Crippen LogP) is 6.27. The minimum Gasteiger partial charge on any atom is -0.436 e. The topological polar surface area (TPSA) is 55.1 Å². The zero-order valence-electron chi connectivity index (χ0n) is 16.4. The van der Waals surface area contributed by atoms with Gasteiger partial charge >= 0.3 is 0 Å². The van der Waals surface area contributed by atoms with Crippen LogP contribution in [0.3, 0.4) is 0 Å². The highest BCUT2D eigenvalue weighted by Crippen LogP contribution is 2.27.